The van der Waals surface area contributed by atoms with E-state index in [1.807, 2.05) is 24.7 Å². The second-order valence-corrected chi connectivity index (χ2v) is 5.77. The molecule has 1 aliphatic heterocycles. The first-order chi connectivity index (χ1) is 11.6. The average molecular weight is 333 g/mol. The Hall–Kier alpha value is -2.41. The highest BCUT2D eigenvalue weighted by atomic mass is 19.1. The molecule has 128 valence electrons. The lowest BCUT2D eigenvalue weighted by atomic mass is 10.0. The molecule has 0 saturated carbocycles. The minimum absolute atomic E-state index is 0.0873. The summed E-state index contributed by atoms with van der Waals surface area (Å²) in [5.74, 6) is 0.307. The number of imidazole rings is 1. The average Bonchev–Trinajstić information content (AvgIpc) is 3.00. The van der Waals surface area contributed by atoms with Crippen molar-refractivity contribution in [3.63, 3.8) is 0 Å². The van der Waals surface area contributed by atoms with Crippen LogP contribution in [0.3, 0.4) is 0 Å². The Bertz CT molecular complexity index is 732. The maximum Gasteiger partial charge on any atom is 0.246 e. The fraction of sp³-hybridized carbons (Fsp3) is 0.412. The summed E-state index contributed by atoms with van der Waals surface area (Å²) in [6.07, 6.45) is 3.80. The molecule has 1 aliphatic rings. The van der Waals surface area contributed by atoms with Gasteiger partial charge in [-0.3, -0.25) is 4.79 Å². The third-order valence-electron chi connectivity index (χ3n) is 4.05. The molecule has 1 aromatic heterocycles. The van der Waals surface area contributed by atoms with E-state index in [4.69, 9.17) is 9.47 Å². The van der Waals surface area contributed by atoms with Crippen LogP contribution in [0.1, 0.15) is 36.9 Å². The lowest BCUT2D eigenvalue weighted by Gasteiger charge is -2.27. The molecular formula is C17H20FN3O3. The SMILES string of the molecule is CC(OCC(=O)N[C@H]1CCOc2c(F)cccc21)c1nccn1C. The second-order valence-electron chi connectivity index (χ2n) is 5.77. The molecule has 0 radical (unpaired) electrons. The quantitative estimate of drug-likeness (QED) is 0.912. The number of aryl methyl sites for hydroxylation is 1. The molecule has 1 unspecified atom stereocenters. The van der Waals surface area contributed by atoms with Crippen LogP contribution in [-0.2, 0) is 16.6 Å². The van der Waals surface area contributed by atoms with Crippen molar-refractivity contribution in [3.8, 4) is 5.75 Å². The van der Waals surface area contributed by atoms with E-state index < -0.39 is 5.82 Å². The Morgan fingerprint density at radius 1 is 1.58 bits per heavy atom. The zero-order chi connectivity index (χ0) is 17.1. The number of para-hydroxylation sites is 1. The van der Waals surface area contributed by atoms with Gasteiger partial charge in [0.05, 0.1) is 12.6 Å². The minimum atomic E-state index is -0.411. The van der Waals surface area contributed by atoms with Gasteiger partial charge in [0.2, 0.25) is 5.91 Å². The number of aromatic nitrogens is 2. The van der Waals surface area contributed by atoms with Crippen molar-refractivity contribution in [1.82, 2.24) is 14.9 Å². The minimum Gasteiger partial charge on any atom is -0.490 e. The maximum atomic E-state index is 13.8. The monoisotopic (exact) mass is 333 g/mol. The van der Waals surface area contributed by atoms with Crippen molar-refractivity contribution in [3.05, 3.63) is 47.8 Å². The number of fused-ring (bicyclic) bond motifs is 1. The third-order valence-corrected chi connectivity index (χ3v) is 4.05. The predicted octanol–water partition coefficient (Wildman–Crippen LogP) is 2.28. The highest BCUT2D eigenvalue weighted by Gasteiger charge is 2.25. The van der Waals surface area contributed by atoms with Gasteiger partial charge >= 0.3 is 0 Å². The van der Waals surface area contributed by atoms with Gasteiger partial charge < -0.3 is 19.4 Å². The van der Waals surface area contributed by atoms with Crippen LogP contribution in [0.15, 0.2) is 30.6 Å². The smallest absolute Gasteiger partial charge is 0.246 e. The number of hydrogen-bond acceptors (Lipinski definition) is 4. The molecule has 2 atom stereocenters. The van der Waals surface area contributed by atoms with Crippen molar-refractivity contribution < 1.29 is 18.7 Å². The number of ether oxygens (including phenoxy) is 2. The molecule has 2 heterocycles. The number of halogens is 1. The summed E-state index contributed by atoms with van der Waals surface area (Å²) in [6.45, 7) is 2.12. The molecule has 24 heavy (non-hydrogen) atoms. The number of carbonyl (C=O) groups excluding carboxylic acids is 1. The normalized spacial score (nSPS) is 17.7. The van der Waals surface area contributed by atoms with Gasteiger partial charge in [0.1, 0.15) is 18.5 Å². The van der Waals surface area contributed by atoms with E-state index >= 15 is 0 Å². The molecule has 7 heteroatoms. The molecule has 3 rings (SSSR count). The van der Waals surface area contributed by atoms with Crippen molar-refractivity contribution in [2.24, 2.45) is 7.05 Å². The number of nitrogens with zero attached hydrogens (tertiary/aromatic N) is 2. The lowest BCUT2D eigenvalue weighted by molar-refractivity contribution is -0.128. The number of nitrogens with one attached hydrogen (secondary N) is 1. The summed E-state index contributed by atoms with van der Waals surface area (Å²) < 4.78 is 26.5. The first-order valence-corrected chi connectivity index (χ1v) is 7.85. The van der Waals surface area contributed by atoms with Gasteiger partial charge in [0.15, 0.2) is 11.6 Å². The number of rotatable bonds is 5. The van der Waals surface area contributed by atoms with E-state index in [2.05, 4.69) is 10.3 Å². The fourth-order valence-corrected chi connectivity index (χ4v) is 2.82. The van der Waals surface area contributed by atoms with Crippen LogP contribution in [0.4, 0.5) is 4.39 Å². The molecule has 0 spiro atoms. The van der Waals surface area contributed by atoms with E-state index in [9.17, 15) is 9.18 Å². The van der Waals surface area contributed by atoms with Crippen LogP contribution in [0, 0.1) is 5.82 Å². The summed E-state index contributed by atoms with van der Waals surface area (Å²) >= 11 is 0. The van der Waals surface area contributed by atoms with Gasteiger partial charge in [-0.05, 0) is 13.0 Å². The summed E-state index contributed by atoms with van der Waals surface area (Å²) in [4.78, 5) is 16.4. The predicted molar refractivity (Wildman–Crippen MR) is 85.0 cm³/mol. The summed E-state index contributed by atoms with van der Waals surface area (Å²) in [5.41, 5.74) is 0.659. The van der Waals surface area contributed by atoms with Gasteiger partial charge in [-0.25, -0.2) is 9.37 Å². The van der Waals surface area contributed by atoms with Gasteiger partial charge in [0, 0.05) is 31.4 Å². The summed E-state index contributed by atoms with van der Waals surface area (Å²) in [5, 5.41) is 2.88. The van der Waals surface area contributed by atoms with E-state index in [0.29, 0.717) is 18.6 Å². The standard InChI is InChI=1S/C17H20FN3O3/c1-11(17-19-7-8-21(17)2)24-10-15(22)20-14-6-9-23-16-12(14)4-3-5-13(16)18/h3-5,7-8,11,14H,6,9-10H2,1-2H3,(H,20,22)/t11?,14-/m0/s1. The van der Waals surface area contributed by atoms with E-state index in [-0.39, 0.29) is 30.4 Å². The van der Waals surface area contributed by atoms with E-state index in [0.717, 1.165) is 5.82 Å². The fourth-order valence-electron chi connectivity index (χ4n) is 2.82. The van der Waals surface area contributed by atoms with Crippen molar-refractivity contribution in [2.45, 2.75) is 25.5 Å². The van der Waals surface area contributed by atoms with Gasteiger partial charge in [-0.15, -0.1) is 0 Å². The number of benzene rings is 1. The highest BCUT2D eigenvalue weighted by molar-refractivity contribution is 5.77. The summed E-state index contributed by atoms with van der Waals surface area (Å²) in [7, 11) is 1.87. The Morgan fingerprint density at radius 2 is 2.42 bits per heavy atom. The van der Waals surface area contributed by atoms with E-state index in [1.54, 1.807) is 18.3 Å². The van der Waals surface area contributed by atoms with Crippen LogP contribution < -0.4 is 10.1 Å². The molecule has 6 nitrogen and oxygen atoms in total. The van der Waals surface area contributed by atoms with Gasteiger partial charge in [-0.1, -0.05) is 12.1 Å². The molecule has 2 aromatic rings. The second kappa shape index (κ2) is 7.00. The van der Waals surface area contributed by atoms with Crippen LogP contribution in [-0.4, -0.2) is 28.7 Å². The zero-order valence-corrected chi connectivity index (χ0v) is 13.7. The molecular weight excluding hydrogens is 313 g/mol. The Balaban J connectivity index is 1.58. The van der Waals surface area contributed by atoms with Crippen LogP contribution in [0.2, 0.25) is 0 Å². The van der Waals surface area contributed by atoms with Crippen LogP contribution >= 0.6 is 0 Å². The van der Waals surface area contributed by atoms with Crippen LogP contribution in [0.25, 0.3) is 0 Å². The highest BCUT2D eigenvalue weighted by Crippen LogP contribution is 2.33. The molecule has 1 aromatic carbocycles. The van der Waals surface area contributed by atoms with Crippen molar-refractivity contribution in [2.75, 3.05) is 13.2 Å². The Kier molecular flexibility index (Phi) is 4.80. The lowest BCUT2D eigenvalue weighted by Crippen LogP contribution is -2.35. The maximum absolute atomic E-state index is 13.8. The molecule has 1 N–H and O–H groups in total. The molecule has 0 fully saturated rings. The topological polar surface area (TPSA) is 65.4 Å². The largest absolute Gasteiger partial charge is 0.490 e. The molecule has 0 bridgehead atoms. The first-order valence-electron chi connectivity index (χ1n) is 7.85. The first kappa shape index (κ1) is 16.4. The Labute approximate surface area is 139 Å². The molecule has 0 aliphatic carbocycles. The number of hydrogen-bond donors (Lipinski definition) is 1. The Morgan fingerprint density at radius 3 is 3.17 bits per heavy atom. The van der Waals surface area contributed by atoms with Crippen molar-refractivity contribution >= 4 is 5.91 Å². The number of carbonyl (C=O) groups is 1. The summed E-state index contributed by atoms with van der Waals surface area (Å²) in [6, 6.07) is 4.45. The van der Waals surface area contributed by atoms with Crippen molar-refractivity contribution in [1.29, 1.82) is 0 Å². The van der Waals surface area contributed by atoms with Gasteiger partial charge in [-0.2, -0.15) is 0 Å². The molecule has 1 amide bonds. The van der Waals surface area contributed by atoms with Crippen LogP contribution in [0.5, 0.6) is 5.75 Å². The third kappa shape index (κ3) is 3.41. The molecule has 0 saturated heterocycles. The van der Waals surface area contributed by atoms with Gasteiger partial charge in [0.25, 0.3) is 0 Å². The van der Waals surface area contributed by atoms with E-state index in [1.165, 1.54) is 6.07 Å². The zero-order valence-electron chi connectivity index (χ0n) is 13.7. The number of amides is 1.